The summed E-state index contributed by atoms with van der Waals surface area (Å²) in [6, 6.07) is 0. The standard InChI is InChI=1S/C13H22N2O2/c1-4-7-11-13(17)15(8-9-16)12(6-3)10(5-2)14-11/h16H,4-9H2,1-3H3. The zero-order valence-electron chi connectivity index (χ0n) is 11.0. The number of nitrogens with zero attached hydrogens (tertiary/aromatic N) is 2. The average Bonchev–Trinajstić information content (AvgIpc) is 2.34. The number of aryl methyl sites for hydroxylation is 2. The van der Waals surface area contributed by atoms with Gasteiger partial charge < -0.3 is 9.67 Å². The lowest BCUT2D eigenvalue weighted by atomic mass is 10.1. The first-order valence-electron chi connectivity index (χ1n) is 6.41. The maximum atomic E-state index is 12.2. The van der Waals surface area contributed by atoms with Crippen molar-refractivity contribution in [3.8, 4) is 0 Å². The lowest BCUT2D eigenvalue weighted by molar-refractivity contribution is 0.271. The van der Waals surface area contributed by atoms with E-state index in [0.717, 1.165) is 30.7 Å². The third-order valence-electron chi connectivity index (χ3n) is 2.90. The van der Waals surface area contributed by atoms with Gasteiger partial charge >= 0.3 is 0 Å². The van der Waals surface area contributed by atoms with Crippen LogP contribution in [0.2, 0.25) is 0 Å². The number of aliphatic hydroxyl groups is 1. The lowest BCUT2D eigenvalue weighted by Crippen LogP contribution is -2.31. The number of aromatic nitrogens is 2. The molecule has 4 nitrogen and oxygen atoms in total. The third-order valence-corrected chi connectivity index (χ3v) is 2.90. The molecule has 0 atom stereocenters. The Kier molecular flexibility index (Phi) is 5.35. The first kappa shape index (κ1) is 13.9. The van der Waals surface area contributed by atoms with Crippen LogP contribution in [0.25, 0.3) is 0 Å². The minimum absolute atomic E-state index is 0.00829. The molecule has 0 aliphatic heterocycles. The van der Waals surface area contributed by atoms with E-state index in [1.165, 1.54) is 0 Å². The van der Waals surface area contributed by atoms with Crippen LogP contribution in [-0.2, 0) is 25.8 Å². The fourth-order valence-corrected chi connectivity index (χ4v) is 2.12. The first-order valence-corrected chi connectivity index (χ1v) is 6.41. The molecule has 0 bridgehead atoms. The molecule has 0 spiro atoms. The fraction of sp³-hybridized carbons (Fsp3) is 0.692. The van der Waals surface area contributed by atoms with Crippen molar-refractivity contribution in [1.82, 2.24) is 9.55 Å². The molecule has 0 saturated heterocycles. The average molecular weight is 238 g/mol. The van der Waals surface area contributed by atoms with Crippen molar-refractivity contribution in [1.29, 1.82) is 0 Å². The van der Waals surface area contributed by atoms with Gasteiger partial charge in [0.05, 0.1) is 12.3 Å². The number of aliphatic hydroxyl groups excluding tert-OH is 1. The van der Waals surface area contributed by atoms with Crippen LogP contribution in [-0.4, -0.2) is 21.3 Å². The Morgan fingerprint density at radius 2 is 1.88 bits per heavy atom. The molecule has 0 radical (unpaired) electrons. The first-order chi connectivity index (χ1) is 8.19. The van der Waals surface area contributed by atoms with Gasteiger partial charge in [-0.2, -0.15) is 0 Å². The van der Waals surface area contributed by atoms with Crippen LogP contribution >= 0.6 is 0 Å². The van der Waals surface area contributed by atoms with Crippen molar-refractivity contribution in [3.05, 3.63) is 27.4 Å². The number of hydrogen-bond acceptors (Lipinski definition) is 3. The zero-order valence-corrected chi connectivity index (χ0v) is 11.0. The molecule has 0 aliphatic rings. The maximum Gasteiger partial charge on any atom is 0.272 e. The Labute approximate surface area is 102 Å². The monoisotopic (exact) mass is 238 g/mol. The molecule has 0 fully saturated rings. The summed E-state index contributed by atoms with van der Waals surface area (Å²) in [6.07, 6.45) is 3.22. The van der Waals surface area contributed by atoms with Crippen molar-refractivity contribution >= 4 is 0 Å². The van der Waals surface area contributed by atoms with Crippen molar-refractivity contribution in [2.24, 2.45) is 0 Å². The Morgan fingerprint density at radius 3 is 2.35 bits per heavy atom. The van der Waals surface area contributed by atoms with E-state index < -0.39 is 0 Å². The van der Waals surface area contributed by atoms with Gasteiger partial charge in [-0.05, 0) is 19.3 Å². The van der Waals surface area contributed by atoms with Crippen molar-refractivity contribution in [2.75, 3.05) is 6.61 Å². The van der Waals surface area contributed by atoms with Crippen molar-refractivity contribution in [3.63, 3.8) is 0 Å². The second-order valence-electron chi connectivity index (χ2n) is 4.09. The van der Waals surface area contributed by atoms with Crippen LogP contribution in [0.15, 0.2) is 4.79 Å². The second kappa shape index (κ2) is 6.55. The molecular weight excluding hydrogens is 216 g/mol. The van der Waals surface area contributed by atoms with E-state index in [1.54, 1.807) is 4.57 Å². The van der Waals surface area contributed by atoms with Gasteiger partial charge in [-0.3, -0.25) is 9.78 Å². The minimum atomic E-state index is -0.0325. The molecule has 96 valence electrons. The molecule has 1 aromatic rings. The van der Waals surface area contributed by atoms with E-state index >= 15 is 0 Å². The van der Waals surface area contributed by atoms with Crippen LogP contribution in [0, 0.1) is 0 Å². The highest BCUT2D eigenvalue weighted by atomic mass is 16.3. The molecular formula is C13H22N2O2. The molecule has 0 amide bonds. The summed E-state index contributed by atoms with van der Waals surface area (Å²) in [5, 5.41) is 9.07. The van der Waals surface area contributed by atoms with Gasteiger partial charge in [0, 0.05) is 12.2 Å². The zero-order chi connectivity index (χ0) is 12.8. The van der Waals surface area contributed by atoms with Gasteiger partial charge in [-0.15, -0.1) is 0 Å². The minimum Gasteiger partial charge on any atom is -0.395 e. The highest BCUT2D eigenvalue weighted by Crippen LogP contribution is 2.08. The highest BCUT2D eigenvalue weighted by Gasteiger charge is 2.13. The molecule has 0 saturated carbocycles. The van der Waals surface area contributed by atoms with Crippen LogP contribution in [0.3, 0.4) is 0 Å². The maximum absolute atomic E-state index is 12.2. The Bertz CT molecular complexity index is 424. The Morgan fingerprint density at radius 1 is 1.18 bits per heavy atom. The molecule has 0 aromatic carbocycles. The molecule has 1 aromatic heterocycles. The summed E-state index contributed by atoms with van der Waals surface area (Å²) in [5.74, 6) is 0. The fourth-order valence-electron chi connectivity index (χ4n) is 2.12. The van der Waals surface area contributed by atoms with Crippen LogP contribution in [0.5, 0.6) is 0 Å². The van der Waals surface area contributed by atoms with Crippen LogP contribution in [0.4, 0.5) is 0 Å². The summed E-state index contributed by atoms with van der Waals surface area (Å²) in [5.41, 5.74) is 2.56. The SMILES string of the molecule is CCCc1nc(CC)c(CC)n(CCO)c1=O. The Balaban J connectivity index is 3.39. The van der Waals surface area contributed by atoms with Crippen LogP contribution < -0.4 is 5.56 Å². The van der Waals surface area contributed by atoms with E-state index in [4.69, 9.17) is 5.11 Å². The second-order valence-corrected chi connectivity index (χ2v) is 4.09. The molecule has 1 N–H and O–H groups in total. The lowest BCUT2D eigenvalue weighted by Gasteiger charge is -2.15. The third kappa shape index (κ3) is 2.94. The van der Waals surface area contributed by atoms with Crippen LogP contribution in [0.1, 0.15) is 44.3 Å². The number of hydrogen-bond donors (Lipinski definition) is 1. The van der Waals surface area contributed by atoms with Crippen molar-refractivity contribution < 1.29 is 5.11 Å². The molecule has 4 heteroatoms. The summed E-state index contributed by atoms with van der Waals surface area (Å²) in [4.78, 5) is 16.7. The summed E-state index contributed by atoms with van der Waals surface area (Å²) >= 11 is 0. The van der Waals surface area contributed by atoms with E-state index in [1.807, 2.05) is 20.8 Å². The van der Waals surface area contributed by atoms with Gasteiger partial charge in [0.25, 0.3) is 5.56 Å². The van der Waals surface area contributed by atoms with E-state index in [-0.39, 0.29) is 12.2 Å². The molecule has 17 heavy (non-hydrogen) atoms. The van der Waals surface area contributed by atoms with Crippen molar-refractivity contribution in [2.45, 2.75) is 53.0 Å². The molecule has 0 aliphatic carbocycles. The Hall–Kier alpha value is -1.16. The topological polar surface area (TPSA) is 55.1 Å². The van der Waals surface area contributed by atoms with Gasteiger partial charge in [-0.1, -0.05) is 27.2 Å². The van der Waals surface area contributed by atoms with E-state index in [9.17, 15) is 4.79 Å². The summed E-state index contributed by atoms with van der Waals surface area (Å²) in [7, 11) is 0. The summed E-state index contributed by atoms with van der Waals surface area (Å²) < 4.78 is 1.69. The number of rotatable bonds is 6. The smallest absolute Gasteiger partial charge is 0.272 e. The van der Waals surface area contributed by atoms with Gasteiger partial charge in [-0.25, -0.2) is 0 Å². The van der Waals surface area contributed by atoms with E-state index in [0.29, 0.717) is 18.7 Å². The van der Waals surface area contributed by atoms with E-state index in [2.05, 4.69) is 4.98 Å². The molecule has 1 heterocycles. The molecule has 0 unspecified atom stereocenters. The predicted molar refractivity (Wildman–Crippen MR) is 68.3 cm³/mol. The summed E-state index contributed by atoms with van der Waals surface area (Å²) in [6.45, 7) is 6.46. The normalized spacial score (nSPS) is 10.8. The predicted octanol–water partition coefficient (Wildman–Crippen LogP) is 1.31. The quantitative estimate of drug-likeness (QED) is 0.813. The largest absolute Gasteiger partial charge is 0.395 e. The molecule has 1 rings (SSSR count). The van der Waals surface area contributed by atoms with Gasteiger partial charge in [0.1, 0.15) is 5.69 Å². The highest BCUT2D eigenvalue weighted by molar-refractivity contribution is 5.17. The van der Waals surface area contributed by atoms with Gasteiger partial charge in [0.2, 0.25) is 0 Å². The van der Waals surface area contributed by atoms with Gasteiger partial charge in [0.15, 0.2) is 0 Å².